The smallest absolute Gasteiger partial charge is 0.481 e. The predicted molar refractivity (Wildman–Crippen MR) is 163 cm³/mol. The maximum atomic E-state index is 14.0. The number of ether oxygens (including phenoxy) is 3. The number of esters is 1. The number of nitriles is 1. The minimum absolute atomic E-state index is 0.0251. The lowest BCUT2D eigenvalue weighted by Crippen LogP contribution is -2.43. The van der Waals surface area contributed by atoms with Crippen LogP contribution in [0.1, 0.15) is 59.3 Å². The summed E-state index contributed by atoms with van der Waals surface area (Å²) in [6, 6.07) is 5.26. The van der Waals surface area contributed by atoms with E-state index in [2.05, 4.69) is 5.10 Å². The van der Waals surface area contributed by atoms with Gasteiger partial charge in [-0.15, -0.1) is 0 Å². The average molecular weight is 787 g/mol. The van der Waals surface area contributed by atoms with Gasteiger partial charge in [-0.1, -0.05) is 17.7 Å². The van der Waals surface area contributed by atoms with Gasteiger partial charge in [0.2, 0.25) is 0 Å². The molecule has 3 rings (SSSR count). The number of carbonyl (C=O) groups is 4. The Balaban J connectivity index is 1.81. The van der Waals surface area contributed by atoms with Gasteiger partial charge < -0.3 is 30.0 Å². The summed E-state index contributed by atoms with van der Waals surface area (Å²) in [7, 11) is 0.669. The normalized spacial score (nSPS) is 14.1. The molecule has 0 saturated heterocycles. The van der Waals surface area contributed by atoms with Crippen LogP contribution in [0, 0.1) is 16.7 Å². The lowest BCUT2D eigenvalue weighted by Gasteiger charge is -2.27. The molecule has 3 N–H and O–H groups in total. The SMILES string of the molecule is Cn1nc(C(F)(F)C(F)(F)F)c(C(F)(F)F)c1N/C=C(\C=N)c1ccc(Cl)c(C(=O)N(COC(=O)OCCOC(=O)CCCC(=O)O)C2(C#N)CC2)c1. The predicted octanol–water partition coefficient (Wildman–Crippen LogP) is 6.26. The number of allylic oxidation sites excluding steroid dienone is 1. The van der Waals surface area contributed by atoms with E-state index in [1.165, 1.54) is 6.07 Å². The summed E-state index contributed by atoms with van der Waals surface area (Å²) in [5.74, 6) is -10.2. The van der Waals surface area contributed by atoms with E-state index < -0.39 is 84.8 Å². The standard InChI is InChI=1S/C30H27ClF8N6O8/c1-44-24(22(29(34,35)36)23(43-44)28(32,33)30(37,38)39)42-13-17(12-40)16-5-6-19(31)18(11-16)25(49)45(27(14-41)7-8-27)15-53-26(50)52-10-9-51-21(48)4-2-3-20(46)47/h5-6,11-13,40,42H,2-4,7-10,15H2,1H3,(H,46,47)/b17-13+,40-12?. The molecule has 14 nitrogen and oxygen atoms in total. The number of hydrogen-bond acceptors (Lipinski definition) is 11. The van der Waals surface area contributed by atoms with Gasteiger partial charge in [0.15, 0.2) is 12.4 Å². The van der Waals surface area contributed by atoms with Gasteiger partial charge in [0, 0.05) is 37.9 Å². The number of halogens is 9. The number of aliphatic carboxylic acids is 1. The highest BCUT2D eigenvalue weighted by Crippen LogP contribution is 2.50. The molecule has 0 radical (unpaired) electrons. The second-order valence-corrected chi connectivity index (χ2v) is 11.5. The number of carboxylic acid groups (broad SMARTS) is 1. The lowest BCUT2D eigenvalue weighted by molar-refractivity contribution is -0.292. The summed E-state index contributed by atoms with van der Waals surface area (Å²) in [4.78, 5) is 48.8. The molecule has 1 amide bonds. The Hall–Kier alpha value is -5.46. The molecule has 1 heterocycles. The summed E-state index contributed by atoms with van der Waals surface area (Å²) in [6.07, 6.45) is -12.5. The molecule has 23 heteroatoms. The van der Waals surface area contributed by atoms with Crippen molar-refractivity contribution in [2.24, 2.45) is 7.05 Å². The molecule has 0 unspecified atom stereocenters. The van der Waals surface area contributed by atoms with Crippen LogP contribution in [-0.4, -0.2) is 81.7 Å². The van der Waals surface area contributed by atoms with Crippen molar-refractivity contribution in [3.8, 4) is 6.07 Å². The topological polar surface area (TPSA) is 197 Å². The molecule has 0 aliphatic heterocycles. The van der Waals surface area contributed by atoms with Crippen molar-refractivity contribution < 1.29 is 73.6 Å². The van der Waals surface area contributed by atoms with Gasteiger partial charge in [-0.25, -0.2) is 4.79 Å². The molecule has 288 valence electrons. The van der Waals surface area contributed by atoms with Gasteiger partial charge in [-0.2, -0.15) is 45.5 Å². The number of rotatable bonds is 16. The number of benzene rings is 1. The number of aryl methyl sites for hydroxylation is 1. The number of anilines is 1. The van der Waals surface area contributed by atoms with E-state index in [0.717, 1.165) is 17.0 Å². The van der Waals surface area contributed by atoms with Gasteiger partial charge in [0.25, 0.3) is 5.91 Å². The number of nitrogens with one attached hydrogen (secondary N) is 2. The molecule has 53 heavy (non-hydrogen) atoms. The van der Waals surface area contributed by atoms with Crippen molar-refractivity contribution in [1.82, 2.24) is 14.7 Å². The van der Waals surface area contributed by atoms with Gasteiger partial charge in [-0.3, -0.25) is 24.0 Å². The van der Waals surface area contributed by atoms with Crippen molar-refractivity contribution in [2.45, 2.75) is 55.9 Å². The van der Waals surface area contributed by atoms with Crippen LogP contribution in [-0.2, 0) is 42.9 Å². The Morgan fingerprint density at radius 2 is 1.74 bits per heavy atom. The zero-order valence-corrected chi connectivity index (χ0v) is 27.8. The highest BCUT2D eigenvalue weighted by atomic mass is 35.5. The zero-order chi connectivity index (χ0) is 39.9. The summed E-state index contributed by atoms with van der Waals surface area (Å²) >= 11 is 6.24. The van der Waals surface area contributed by atoms with Gasteiger partial charge >= 0.3 is 36.4 Å². The second-order valence-electron chi connectivity index (χ2n) is 11.1. The zero-order valence-electron chi connectivity index (χ0n) is 27.0. The van der Waals surface area contributed by atoms with Crippen molar-refractivity contribution in [3.05, 3.63) is 51.8 Å². The third kappa shape index (κ3) is 10.1. The summed E-state index contributed by atoms with van der Waals surface area (Å²) in [5.41, 5.74) is -7.33. The van der Waals surface area contributed by atoms with E-state index in [0.29, 0.717) is 19.5 Å². The third-order valence-electron chi connectivity index (χ3n) is 7.38. The summed E-state index contributed by atoms with van der Waals surface area (Å²) < 4.78 is 123. The quantitative estimate of drug-likeness (QED) is 0.0571. The van der Waals surface area contributed by atoms with Crippen LogP contribution in [0.5, 0.6) is 0 Å². The molecule has 2 aromatic rings. The minimum atomic E-state index is -6.42. The Morgan fingerprint density at radius 1 is 1.09 bits per heavy atom. The molecule has 1 fully saturated rings. The number of alkyl halides is 8. The Bertz CT molecular complexity index is 1820. The average Bonchev–Trinajstić information content (AvgIpc) is 3.77. The van der Waals surface area contributed by atoms with Gasteiger partial charge in [-0.05, 0) is 37.0 Å². The van der Waals surface area contributed by atoms with E-state index in [1.807, 2.05) is 11.4 Å². The van der Waals surface area contributed by atoms with E-state index in [-0.39, 0.29) is 58.5 Å². The number of carboxylic acids is 1. The third-order valence-corrected chi connectivity index (χ3v) is 7.71. The highest BCUT2D eigenvalue weighted by molar-refractivity contribution is 6.34. The van der Waals surface area contributed by atoms with E-state index in [1.54, 1.807) is 0 Å². The fourth-order valence-corrected chi connectivity index (χ4v) is 4.71. The Morgan fingerprint density at radius 3 is 2.28 bits per heavy atom. The molecule has 1 aliphatic carbocycles. The van der Waals surface area contributed by atoms with Gasteiger partial charge in [0.05, 0.1) is 16.7 Å². The van der Waals surface area contributed by atoms with E-state index in [4.69, 9.17) is 36.3 Å². The van der Waals surface area contributed by atoms with E-state index in [9.17, 15) is 59.6 Å². The van der Waals surface area contributed by atoms with Crippen LogP contribution in [0.25, 0.3) is 5.57 Å². The maximum absolute atomic E-state index is 14.0. The number of nitrogens with zero attached hydrogens (tertiary/aromatic N) is 4. The first-order chi connectivity index (χ1) is 24.6. The van der Waals surface area contributed by atoms with Crippen molar-refractivity contribution in [1.29, 1.82) is 10.7 Å². The molecule has 0 bridgehead atoms. The number of carbonyl (C=O) groups excluding carboxylic acids is 3. The fourth-order valence-electron chi connectivity index (χ4n) is 4.51. The van der Waals surface area contributed by atoms with Crippen molar-refractivity contribution in [2.75, 3.05) is 25.3 Å². The maximum Gasteiger partial charge on any atom is 0.510 e. The largest absolute Gasteiger partial charge is 0.510 e. The van der Waals surface area contributed by atoms with Crippen LogP contribution >= 0.6 is 11.6 Å². The molecule has 1 saturated carbocycles. The van der Waals surface area contributed by atoms with Gasteiger partial charge in [0.1, 0.15) is 30.1 Å². The minimum Gasteiger partial charge on any atom is -0.481 e. The lowest BCUT2D eigenvalue weighted by atomic mass is 10.0. The van der Waals surface area contributed by atoms with Crippen molar-refractivity contribution >= 4 is 53.2 Å². The monoisotopic (exact) mass is 786 g/mol. The molecular formula is C30H27ClF8N6O8. The van der Waals surface area contributed by atoms with E-state index >= 15 is 0 Å². The number of aromatic nitrogens is 2. The van der Waals surface area contributed by atoms with Crippen LogP contribution < -0.4 is 5.32 Å². The Labute approximate surface area is 298 Å². The summed E-state index contributed by atoms with van der Waals surface area (Å²) in [5, 5.41) is 30.6. The molecule has 0 spiro atoms. The molecular weight excluding hydrogens is 760 g/mol. The first-order valence-corrected chi connectivity index (χ1v) is 15.2. The summed E-state index contributed by atoms with van der Waals surface area (Å²) in [6.45, 7) is -1.76. The van der Waals surface area contributed by atoms with Crippen LogP contribution in [0.4, 0.5) is 45.7 Å². The molecule has 1 aromatic heterocycles. The molecule has 0 atom stereocenters. The Kier molecular flexibility index (Phi) is 13.0. The first kappa shape index (κ1) is 42.0. The fraction of sp³-hybridized carbons (Fsp3) is 0.433. The highest BCUT2D eigenvalue weighted by Gasteiger charge is 2.64. The van der Waals surface area contributed by atoms with Crippen LogP contribution in [0.3, 0.4) is 0 Å². The first-order valence-electron chi connectivity index (χ1n) is 14.9. The van der Waals surface area contributed by atoms with Crippen molar-refractivity contribution in [3.63, 3.8) is 0 Å². The second kappa shape index (κ2) is 16.5. The number of hydrogen-bond donors (Lipinski definition) is 3. The molecule has 1 aromatic carbocycles. The molecule has 1 aliphatic rings. The van der Waals surface area contributed by atoms with Crippen LogP contribution in [0.15, 0.2) is 24.4 Å². The number of amides is 1. The van der Waals surface area contributed by atoms with Crippen LogP contribution in [0.2, 0.25) is 5.02 Å².